The summed E-state index contributed by atoms with van der Waals surface area (Å²) in [5.74, 6) is 0.0630. The molecule has 4 aliphatic rings. The fraction of sp³-hybridized carbons (Fsp3) is 0.515. The van der Waals surface area contributed by atoms with Crippen molar-refractivity contribution in [3.8, 4) is 0 Å². The summed E-state index contributed by atoms with van der Waals surface area (Å²) < 4.78 is 48.7. The number of rotatable bonds is 6. The van der Waals surface area contributed by atoms with Gasteiger partial charge in [0.25, 0.3) is 5.91 Å². The van der Waals surface area contributed by atoms with E-state index in [1.54, 1.807) is 12.3 Å². The topological polar surface area (TPSA) is 61.6 Å². The molecular weight excluding hydrogens is 541 g/mol. The minimum atomic E-state index is -4.56. The number of halogens is 3. The Morgan fingerprint density at radius 1 is 1.14 bits per heavy atom. The smallest absolute Gasteiger partial charge is 0.364 e. The maximum absolute atomic E-state index is 14.5. The van der Waals surface area contributed by atoms with Crippen LogP contribution in [0.4, 0.5) is 18.9 Å². The van der Waals surface area contributed by atoms with E-state index >= 15 is 0 Å². The van der Waals surface area contributed by atoms with Gasteiger partial charge in [-0.1, -0.05) is 23.7 Å². The molecule has 3 aromatic rings. The maximum atomic E-state index is 14.5. The fourth-order valence-corrected chi connectivity index (χ4v) is 7.70. The molecule has 4 heterocycles. The second-order valence-corrected chi connectivity index (χ2v) is 13.0. The van der Waals surface area contributed by atoms with Gasteiger partial charge >= 0.3 is 6.18 Å². The number of nitrogens with zero attached hydrogens (tertiary/aromatic N) is 3. The van der Waals surface area contributed by atoms with Gasteiger partial charge in [-0.2, -0.15) is 13.2 Å². The third-order valence-corrected chi connectivity index (χ3v) is 10.4. The number of likely N-dealkylation sites (tertiary alicyclic amines) is 1. The van der Waals surface area contributed by atoms with Gasteiger partial charge in [0, 0.05) is 41.9 Å². The van der Waals surface area contributed by atoms with Crippen molar-refractivity contribution in [1.29, 1.82) is 0 Å². The molecule has 3 aliphatic heterocycles. The number of aromatic nitrogens is 1. The minimum absolute atomic E-state index is 0.0227. The number of fused-ring (bicyclic) bond motifs is 1. The van der Waals surface area contributed by atoms with Crippen LogP contribution in [0.5, 0.6) is 0 Å². The standard InChI is InChI=1S/C33H37F3N4O2/c1-20-17-42-38-30(20)29(22-5-3-6-22)23-7-4-8-25(13-23)40-16-27-26(31(40)41)14-24(15-28(27)33(34,35)36)21(2)39-12-10-32(19-39)9-11-37-18-32/h4,7-8,13-15,17,21-22,29,37H,3,5-6,9-12,16,18-19H2,1-2H3/t21-,29-,32+/m1/s1. The van der Waals surface area contributed by atoms with Crippen molar-refractivity contribution in [2.45, 2.75) is 70.6 Å². The van der Waals surface area contributed by atoms with Gasteiger partial charge in [0.1, 0.15) is 6.26 Å². The Kier molecular flexibility index (Phi) is 6.73. The number of carbonyl (C=O) groups excluding carboxylic acids is 1. The summed E-state index contributed by atoms with van der Waals surface area (Å²) >= 11 is 0. The average Bonchev–Trinajstić information content (AvgIpc) is 3.74. The first-order valence-electron chi connectivity index (χ1n) is 15.1. The van der Waals surface area contributed by atoms with E-state index in [9.17, 15) is 18.0 Å². The summed E-state index contributed by atoms with van der Waals surface area (Å²) in [4.78, 5) is 17.6. The van der Waals surface area contributed by atoms with Crippen LogP contribution in [0.2, 0.25) is 0 Å². The van der Waals surface area contributed by atoms with Crippen LogP contribution >= 0.6 is 0 Å². The lowest BCUT2D eigenvalue weighted by atomic mass is 9.71. The first-order chi connectivity index (χ1) is 20.1. The minimum Gasteiger partial charge on any atom is -0.364 e. The largest absolute Gasteiger partial charge is 0.416 e. The van der Waals surface area contributed by atoms with Crippen molar-refractivity contribution < 1.29 is 22.5 Å². The Morgan fingerprint density at radius 2 is 1.98 bits per heavy atom. The lowest BCUT2D eigenvalue weighted by Gasteiger charge is -2.33. The number of aryl methyl sites for hydroxylation is 1. The molecule has 3 fully saturated rings. The van der Waals surface area contributed by atoms with Crippen LogP contribution in [-0.2, 0) is 12.7 Å². The van der Waals surface area contributed by atoms with Gasteiger partial charge in [0.15, 0.2) is 0 Å². The van der Waals surface area contributed by atoms with E-state index in [1.807, 2.05) is 38.1 Å². The quantitative estimate of drug-likeness (QED) is 0.347. The first kappa shape index (κ1) is 27.7. The van der Waals surface area contributed by atoms with E-state index in [-0.39, 0.29) is 41.0 Å². The summed E-state index contributed by atoms with van der Waals surface area (Å²) in [6.07, 6.45) is 2.56. The highest BCUT2D eigenvalue weighted by Crippen LogP contribution is 2.46. The predicted octanol–water partition coefficient (Wildman–Crippen LogP) is 6.84. The molecule has 6 nitrogen and oxygen atoms in total. The Balaban J connectivity index is 1.21. The van der Waals surface area contributed by atoms with Gasteiger partial charge in [0.05, 0.1) is 17.8 Å². The number of hydrogen-bond acceptors (Lipinski definition) is 5. The Morgan fingerprint density at radius 3 is 2.64 bits per heavy atom. The highest BCUT2D eigenvalue weighted by Gasteiger charge is 2.44. The zero-order valence-corrected chi connectivity index (χ0v) is 24.1. The van der Waals surface area contributed by atoms with Crippen LogP contribution < -0.4 is 10.2 Å². The number of carbonyl (C=O) groups is 1. The molecular formula is C33H37F3N4O2. The van der Waals surface area contributed by atoms with Gasteiger partial charge in [-0.3, -0.25) is 9.69 Å². The first-order valence-corrected chi connectivity index (χ1v) is 15.1. The van der Waals surface area contributed by atoms with E-state index < -0.39 is 11.7 Å². The van der Waals surface area contributed by atoms with Crippen molar-refractivity contribution in [3.63, 3.8) is 0 Å². The second kappa shape index (κ2) is 10.2. The van der Waals surface area contributed by atoms with E-state index in [1.165, 1.54) is 11.0 Å². The number of nitrogens with one attached hydrogen (secondary N) is 1. The Labute approximate surface area is 244 Å². The summed E-state index contributed by atoms with van der Waals surface area (Å²) in [7, 11) is 0. The van der Waals surface area contributed by atoms with Crippen molar-refractivity contribution in [3.05, 3.63) is 81.7 Å². The predicted molar refractivity (Wildman–Crippen MR) is 153 cm³/mol. The molecule has 1 aromatic heterocycles. The molecule has 7 rings (SSSR count). The average molecular weight is 579 g/mol. The molecule has 3 atom stereocenters. The van der Waals surface area contributed by atoms with Gasteiger partial charge in [0.2, 0.25) is 0 Å². The lowest BCUT2D eigenvalue weighted by molar-refractivity contribution is -0.138. The summed E-state index contributed by atoms with van der Waals surface area (Å²) in [6, 6.07) is 10.5. The number of amides is 1. The normalized spacial score (nSPS) is 24.4. The molecule has 0 bridgehead atoms. The molecule has 2 saturated heterocycles. The Hall–Kier alpha value is -3.17. The number of anilines is 1. The number of alkyl halides is 3. The fourth-order valence-electron chi connectivity index (χ4n) is 7.70. The lowest BCUT2D eigenvalue weighted by Crippen LogP contribution is -2.31. The van der Waals surface area contributed by atoms with E-state index in [4.69, 9.17) is 4.52 Å². The SMILES string of the molecule is Cc1conc1[C@@H](c1cccc(N2Cc3c(cc([C@@H](C)N4CC[C@]5(CCNC5)C4)cc3C(F)(F)F)C2=O)c1)C1CCC1. The summed E-state index contributed by atoms with van der Waals surface area (Å²) in [6.45, 7) is 7.50. The van der Waals surface area contributed by atoms with Crippen LogP contribution in [0, 0.1) is 18.3 Å². The summed E-state index contributed by atoms with van der Waals surface area (Å²) in [5, 5.41) is 7.75. The zero-order valence-electron chi connectivity index (χ0n) is 24.1. The molecule has 1 amide bonds. The van der Waals surface area contributed by atoms with E-state index in [0.717, 1.165) is 75.1 Å². The van der Waals surface area contributed by atoms with E-state index in [0.29, 0.717) is 17.2 Å². The van der Waals surface area contributed by atoms with Crippen LogP contribution in [0.25, 0.3) is 0 Å². The maximum Gasteiger partial charge on any atom is 0.416 e. The molecule has 1 spiro atoms. The molecule has 2 aromatic carbocycles. The van der Waals surface area contributed by atoms with Crippen molar-refractivity contribution in [2.24, 2.45) is 11.3 Å². The van der Waals surface area contributed by atoms with Gasteiger partial charge in [-0.05, 0) is 105 Å². The Bertz CT molecular complexity index is 1510. The molecule has 0 unspecified atom stereocenters. The molecule has 1 saturated carbocycles. The third-order valence-electron chi connectivity index (χ3n) is 10.4. The highest BCUT2D eigenvalue weighted by molar-refractivity contribution is 6.10. The van der Waals surface area contributed by atoms with Crippen molar-refractivity contribution in [2.75, 3.05) is 31.1 Å². The van der Waals surface area contributed by atoms with Crippen LogP contribution in [-0.4, -0.2) is 42.1 Å². The molecule has 1 N–H and O–H groups in total. The van der Waals surface area contributed by atoms with Crippen molar-refractivity contribution >= 4 is 11.6 Å². The third kappa shape index (κ3) is 4.65. The van der Waals surface area contributed by atoms with Gasteiger partial charge < -0.3 is 14.7 Å². The number of benzene rings is 2. The molecule has 42 heavy (non-hydrogen) atoms. The van der Waals surface area contributed by atoms with Gasteiger partial charge in [-0.15, -0.1) is 0 Å². The second-order valence-electron chi connectivity index (χ2n) is 13.0. The van der Waals surface area contributed by atoms with Crippen LogP contribution in [0.3, 0.4) is 0 Å². The zero-order chi connectivity index (χ0) is 29.2. The summed E-state index contributed by atoms with van der Waals surface area (Å²) in [5.41, 5.74) is 3.78. The van der Waals surface area contributed by atoms with Crippen molar-refractivity contribution in [1.82, 2.24) is 15.4 Å². The molecule has 222 valence electrons. The molecule has 1 aliphatic carbocycles. The highest BCUT2D eigenvalue weighted by atomic mass is 19.4. The van der Waals surface area contributed by atoms with Gasteiger partial charge in [-0.25, -0.2) is 0 Å². The molecule has 9 heteroatoms. The van der Waals surface area contributed by atoms with E-state index in [2.05, 4.69) is 15.4 Å². The monoisotopic (exact) mass is 578 g/mol. The van der Waals surface area contributed by atoms with Crippen LogP contribution in [0.1, 0.15) is 94.9 Å². The molecule has 0 radical (unpaired) electrons. The number of hydrogen-bond donors (Lipinski definition) is 1. The van der Waals surface area contributed by atoms with Crippen LogP contribution in [0.15, 0.2) is 47.2 Å².